The Balaban J connectivity index is 1.81. The second-order valence-electron chi connectivity index (χ2n) is 6.88. The summed E-state index contributed by atoms with van der Waals surface area (Å²) in [7, 11) is 0. The summed E-state index contributed by atoms with van der Waals surface area (Å²) in [6.07, 6.45) is -0.540. The number of rotatable bonds is 3. The minimum absolute atomic E-state index is 0.116. The molecule has 3 heterocycles. The molecule has 0 unspecified atom stereocenters. The van der Waals surface area contributed by atoms with Gasteiger partial charge in [0.1, 0.15) is 11.5 Å². The van der Waals surface area contributed by atoms with Gasteiger partial charge in [0.2, 0.25) is 0 Å². The van der Waals surface area contributed by atoms with Crippen molar-refractivity contribution in [3.63, 3.8) is 0 Å². The minimum atomic E-state index is -4.47. The molecule has 1 fully saturated rings. The van der Waals surface area contributed by atoms with Gasteiger partial charge < -0.3 is 4.90 Å². The van der Waals surface area contributed by atoms with Gasteiger partial charge in [0.05, 0.1) is 29.0 Å². The highest BCUT2D eigenvalue weighted by Crippen LogP contribution is 2.37. The van der Waals surface area contributed by atoms with E-state index in [1.54, 1.807) is 6.07 Å². The zero-order valence-electron chi connectivity index (χ0n) is 15.3. The van der Waals surface area contributed by atoms with Crippen LogP contribution in [0.5, 0.6) is 0 Å². The lowest BCUT2D eigenvalue weighted by Gasteiger charge is -2.19. The third kappa shape index (κ3) is 4.07. The number of halogens is 6. The van der Waals surface area contributed by atoms with Gasteiger partial charge in [0, 0.05) is 36.5 Å². The molecule has 4 rings (SSSR count). The van der Waals surface area contributed by atoms with Crippen molar-refractivity contribution < 1.29 is 22.0 Å². The molecule has 0 N–H and O–H groups in total. The first kappa shape index (κ1) is 20.5. The summed E-state index contributed by atoms with van der Waals surface area (Å²) in [5.74, 6) is -2.58. The van der Waals surface area contributed by atoms with Crippen molar-refractivity contribution in [1.29, 1.82) is 0 Å². The lowest BCUT2D eigenvalue weighted by Crippen LogP contribution is -2.25. The van der Waals surface area contributed by atoms with Crippen LogP contribution in [0.15, 0.2) is 48.9 Å². The molecule has 1 aliphatic rings. The van der Waals surface area contributed by atoms with E-state index in [1.165, 1.54) is 35.6 Å². The average Bonchev–Trinajstić information content (AvgIpc) is 3.07. The van der Waals surface area contributed by atoms with Crippen LogP contribution in [0.2, 0.25) is 5.02 Å². The first-order chi connectivity index (χ1) is 14.1. The highest BCUT2D eigenvalue weighted by atomic mass is 35.5. The predicted molar refractivity (Wildman–Crippen MR) is 102 cm³/mol. The van der Waals surface area contributed by atoms with Crippen LogP contribution in [0.1, 0.15) is 12.0 Å². The molecule has 0 atom stereocenters. The van der Waals surface area contributed by atoms with E-state index in [4.69, 9.17) is 11.6 Å². The Morgan fingerprint density at radius 3 is 2.33 bits per heavy atom. The minimum Gasteiger partial charge on any atom is -0.349 e. The van der Waals surface area contributed by atoms with E-state index in [9.17, 15) is 22.0 Å². The number of benzene rings is 1. The molecule has 0 aliphatic carbocycles. The van der Waals surface area contributed by atoms with Crippen LogP contribution in [0.4, 0.5) is 27.8 Å². The maximum absolute atomic E-state index is 13.6. The van der Waals surface area contributed by atoms with Gasteiger partial charge in [-0.05, 0) is 18.2 Å². The Kier molecular flexibility index (Phi) is 5.09. The highest BCUT2D eigenvalue weighted by Gasteiger charge is 2.39. The molecule has 0 amide bonds. The quantitative estimate of drug-likeness (QED) is 0.488. The van der Waals surface area contributed by atoms with E-state index >= 15 is 0 Å². The van der Waals surface area contributed by atoms with Gasteiger partial charge >= 0.3 is 6.18 Å². The maximum Gasteiger partial charge on any atom is 0.416 e. The fourth-order valence-electron chi connectivity index (χ4n) is 3.25. The highest BCUT2D eigenvalue weighted by molar-refractivity contribution is 6.33. The molecule has 0 spiro atoms. The Morgan fingerprint density at radius 1 is 1.00 bits per heavy atom. The van der Waals surface area contributed by atoms with E-state index < -0.39 is 24.2 Å². The number of anilines is 1. The van der Waals surface area contributed by atoms with Crippen molar-refractivity contribution in [3.8, 4) is 22.5 Å². The molecule has 1 saturated heterocycles. The first-order valence-electron chi connectivity index (χ1n) is 8.91. The fraction of sp³-hybridized carbons (Fsp3) is 0.250. The third-order valence-corrected chi connectivity index (χ3v) is 5.07. The van der Waals surface area contributed by atoms with Gasteiger partial charge in [-0.25, -0.2) is 13.8 Å². The van der Waals surface area contributed by atoms with E-state index in [2.05, 4.69) is 15.0 Å². The van der Waals surface area contributed by atoms with Crippen molar-refractivity contribution in [3.05, 3.63) is 59.5 Å². The summed E-state index contributed by atoms with van der Waals surface area (Å²) in [5, 5.41) is 0.254. The number of hydrogen-bond donors (Lipinski definition) is 0. The van der Waals surface area contributed by atoms with Crippen molar-refractivity contribution in [2.24, 2.45) is 0 Å². The van der Waals surface area contributed by atoms with Crippen molar-refractivity contribution >= 4 is 17.4 Å². The van der Waals surface area contributed by atoms with Crippen LogP contribution in [0, 0.1) is 0 Å². The summed E-state index contributed by atoms with van der Waals surface area (Å²) in [4.78, 5) is 14.2. The maximum atomic E-state index is 13.6. The molecule has 3 aromatic rings. The molecular formula is C20H14ClF5N4. The van der Waals surface area contributed by atoms with E-state index in [-0.39, 0.29) is 35.2 Å². The molecule has 2 aromatic heterocycles. The fourth-order valence-corrected chi connectivity index (χ4v) is 3.46. The summed E-state index contributed by atoms with van der Waals surface area (Å²) >= 11 is 6.25. The molecule has 10 heteroatoms. The topological polar surface area (TPSA) is 41.9 Å². The third-order valence-electron chi connectivity index (χ3n) is 4.77. The van der Waals surface area contributed by atoms with Gasteiger partial charge in [0.15, 0.2) is 0 Å². The normalized spacial score (nSPS) is 16.1. The Morgan fingerprint density at radius 2 is 1.73 bits per heavy atom. The monoisotopic (exact) mass is 440 g/mol. The summed E-state index contributed by atoms with van der Waals surface area (Å²) in [5.41, 5.74) is 0.596. The molecule has 1 aromatic carbocycles. The van der Waals surface area contributed by atoms with Crippen molar-refractivity contribution in [2.45, 2.75) is 18.5 Å². The largest absolute Gasteiger partial charge is 0.416 e. The number of pyridine rings is 1. The molecule has 1 aliphatic heterocycles. The van der Waals surface area contributed by atoms with Crippen molar-refractivity contribution in [1.82, 2.24) is 15.0 Å². The summed E-state index contributed by atoms with van der Waals surface area (Å²) in [6.45, 7) is -0.365. The van der Waals surface area contributed by atoms with E-state index in [0.717, 1.165) is 12.1 Å². The van der Waals surface area contributed by atoms with Crippen molar-refractivity contribution in [2.75, 3.05) is 18.0 Å². The SMILES string of the molecule is FC1(F)CCN(c2cnc(-c3ccc(C(F)(F)F)cc3)c(-c3ccncc3Cl)n2)C1. The first-order valence-corrected chi connectivity index (χ1v) is 9.29. The average molecular weight is 441 g/mol. The second-order valence-corrected chi connectivity index (χ2v) is 7.29. The second kappa shape index (κ2) is 7.46. The van der Waals surface area contributed by atoms with Crippen LogP contribution >= 0.6 is 11.6 Å². The molecule has 0 bridgehead atoms. The van der Waals surface area contributed by atoms with Gasteiger partial charge in [-0.1, -0.05) is 23.7 Å². The Labute approximate surface area is 173 Å². The Bertz CT molecular complexity index is 1070. The summed E-state index contributed by atoms with van der Waals surface area (Å²) < 4.78 is 65.9. The predicted octanol–water partition coefficient (Wildman–Crippen LogP) is 5.72. The zero-order valence-corrected chi connectivity index (χ0v) is 16.1. The van der Waals surface area contributed by atoms with Crippen LogP contribution in [0.3, 0.4) is 0 Å². The number of hydrogen-bond acceptors (Lipinski definition) is 4. The lowest BCUT2D eigenvalue weighted by molar-refractivity contribution is -0.137. The van der Waals surface area contributed by atoms with Crippen LogP contribution in [0.25, 0.3) is 22.5 Å². The van der Waals surface area contributed by atoms with Gasteiger partial charge in [-0.3, -0.25) is 9.97 Å². The van der Waals surface area contributed by atoms with E-state index in [0.29, 0.717) is 11.1 Å². The number of alkyl halides is 5. The number of nitrogens with zero attached hydrogens (tertiary/aromatic N) is 4. The zero-order chi connectivity index (χ0) is 21.5. The van der Waals surface area contributed by atoms with Gasteiger partial charge in [-0.15, -0.1) is 0 Å². The number of aromatic nitrogens is 3. The molecule has 0 saturated carbocycles. The summed E-state index contributed by atoms with van der Waals surface area (Å²) in [6, 6.07) is 6.06. The smallest absolute Gasteiger partial charge is 0.349 e. The standard InChI is InChI=1S/C20H14ClF5N4/c21-15-9-27-7-5-14(15)18-17(12-1-3-13(4-2-12)20(24,25)26)28-10-16(29-18)30-8-6-19(22,23)11-30/h1-5,7,9-10H,6,8,11H2. The van der Waals surface area contributed by atoms with E-state index in [1.807, 2.05) is 0 Å². The molecule has 156 valence electrons. The lowest BCUT2D eigenvalue weighted by atomic mass is 10.0. The molecular weight excluding hydrogens is 427 g/mol. The molecule has 4 nitrogen and oxygen atoms in total. The van der Waals surface area contributed by atoms with Gasteiger partial charge in [0.25, 0.3) is 5.92 Å². The molecule has 30 heavy (non-hydrogen) atoms. The Hall–Kier alpha value is -2.81. The van der Waals surface area contributed by atoms with Crippen LogP contribution in [-0.2, 0) is 6.18 Å². The van der Waals surface area contributed by atoms with Crippen LogP contribution < -0.4 is 4.90 Å². The molecule has 0 radical (unpaired) electrons. The van der Waals surface area contributed by atoms with Crippen LogP contribution in [-0.4, -0.2) is 34.0 Å². The van der Waals surface area contributed by atoms with Gasteiger partial charge in [-0.2, -0.15) is 13.2 Å².